The average Bonchev–Trinajstić information content (AvgIpc) is 2.39. The summed E-state index contributed by atoms with van der Waals surface area (Å²) in [5.41, 5.74) is -1.99. The highest BCUT2D eigenvalue weighted by Crippen LogP contribution is 2.33. The Bertz CT molecular complexity index is 303. The zero-order chi connectivity index (χ0) is 13.1. The van der Waals surface area contributed by atoms with Crippen LogP contribution >= 0.6 is 0 Å². The number of aliphatic hydroxyl groups excluding tert-OH is 2. The summed E-state index contributed by atoms with van der Waals surface area (Å²) in [5.74, 6) is -1.64. The van der Waals surface area contributed by atoms with E-state index in [1.165, 1.54) is 0 Å². The number of carbonyl (C=O) groups excluding carboxylic acids is 2. The van der Waals surface area contributed by atoms with Gasteiger partial charge in [0.2, 0.25) is 5.91 Å². The van der Waals surface area contributed by atoms with Gasteiger partial charge in [-0.05, 0) is 19.3 Å². The SMILES string of the molecule is O=C(CC(O)O)C1(C(O)O)CCCCNC1=O. The Morgan fingerprint density at radius 3 is 2.47 bits per heavy atom. The summed E-state index contributed by atoms with van der Waals surface area (Å²) in [5, 5.41) is 38.6. The Kier molecular flexibility index (Phi) is 4.58. The minimum atomic E-state index is -2.15. The summed E-state index contributed by atoms with van der Waals surface area (Å²) in [4.78, 5) is 23.6. The predicted octanol–water partition coefficient (Wildman–Crippen LogP) is -2.15. The topological polar surface area (TPSA) is 127 Å². The molecule has 5 N–H and O–H groups in total. The van der Waals surface area contributed by atoms with Gasteiger partial charge in [-0.2, -0.15) is 0 Å². The molecule has 0 aliphatic carbocycles. The Morgan fingerprint density at radius 1 is 1.29 bits per heavy atom. The number of nitrogens with one attached hydrogen (secondary N) is 1. The fraction of sp³-hybridized carbons (Fsp3) is 0.800. The highest BCUT2D eigenvalue weighted by molar-refractivity contribution is 6.06. The Balaban J connectivity index is 3.01. The quantitative estimate of drug-likeness (QED) is 0.285. The predicted molar refractivity (Wildman–Crippen MR) is 55.4 cm³/mol. The van der Waals surface area contributed by atoms with Gasteiger partial charge in [-0.25, -0.2) is 0 Å². The first-order chi connectivity index (χ1) is 7.91. The van der Waals surface area contributed by atoms with Crippen molar-refractivity contribution in [2.24, 2.45) is 5.41 Å². The maximum atomic E-state index is 11.8. The van der Waals surface area contributed by atoms with Crippen LogP contribution in [-0.4, -0.2) is 51.2 Å². The van der Waals surface area contributed by atoms with Crippen LogP contribution in [0.15, 0.2) is 0 Å². The monoisotopic (exact) mass is 247 g/mol. The van der Waals surface area contributed by atoms with E-state index in [0.717, 1.165) is 0 Å². The molecule has 7 nitrogen and oxygen atoms in total. The van der Waals surface area contributed by atoms with Crippen LogP contribution in [0.1, 0.15) is 25.7 Å². The van der Waals surface area contributed by atoms with Crippen LogP contribution < -0.4 is 5.32 Å². The van der Waals surface area contributed by atoms with Gasteiger partial charge in [-0.1, -0.05) is 0 Å². The fourth-order valence-electron chi connectivity index (χ4n) is 2.01. The number of hydrogen-bond acceptors (Lipinski definition) is 6. The molecule has 0 aromatic heterocycles. The van der Waals surface area contributed by atoms with Gasteiger partial charge in [0.15, 0.2) is 23.8 Å². The molecule has 7 heteroatoms. The third-order valence-electron chi connectivity index (χ3n) is 2.99. The molecule has 1 heterocycles. The van der Waals surface area contributed by atoms with E-state index in [-0.39, 0.29) is 6.42 Å². The lowest BCUT2D eigenvalue weighted by Gasteiger charge is -2.31. The van der Waals surface area contributed by atoms with Crippen molar-refractivity contribution in [2.75, 3.05) is 6.54 Å². The molecular formula is C10H17NO6. The molecule has 1 fully saturated rings. The summed E-state index contributed by atoms with van der Waals surface area (Å²) >= 11 is 0. The van der Waals surface area contributed by atoms with Crippen molar-refractivity contribution >= 4 is 11.7 Å². The van der Waals surface area contributed by atoms with Gasteiger partial charge in [0.25, 0.3) is 0 Å². The van der Waals surface area contributed by atoms with Crippen LogP contribution in [0.3, 0.4) is 0 Å². The maximum Gasteiger partial charge on any atom is 0.238 e. The number of ketones is 1. The Labute approximate surface area is 98.1 Å². The van der Waals surface area contributed by atoms with E-state index < -0.39 is 36.1 Å². The summed E-state index contributed by atoms with van der Waals surface area (Å²) in [6.45, 7) is 0.363. The summed E-state index contributed by atoms with van der Waals surface area (Å²) in [6, 6.07) is 0. The standard InChI is InChI=1S/C10H17NO6/c12-6(5-7(13)14)10(9(16)17)3-1-2-4-11-8(10)15/h7,9,13-14,16-17H,1-5H2,(H,11,15). The van der Waals surface area contributed by atoms with E-state index in [4.69, 9.17) is 10.2 Å². The second-order valence-electron chi connectivity index (χ2n) is 4.17. The number of aliphatic hydroxyl groups is 4. The molecule has 1 unspecified atom stereocenters. The van der Waals surface area contributed by atoms with Crippen molar-refractivity contribution in [1.29, 1.82) is 0 Å². The van der Waals surface area contributed by atoms with Crippen LogP contribution in [0.25, 0.3) is 0 Å². The van der Waals surface area contributed by atoms with E-state index >= 15 is 0 Å². The molecule has 1 rings (SSSR count). The summed E-state index contributed by atoms with van der Waals surface area (Å²) in [6.07, 6.45) is -3.66. The number of Topliss-reactive ketones (excluding diaryl/α,β-unsaturated/α-hetero) is 1. The van der Waals surface area contributed by atoms with Crippen LogP contribution in [0.5, 0.6) is 0 Å². The molecule has 0 saturated carbocycles. The van der Waals surface area contributed by atoms with Crippen LogP contribution in [0.2, 0.25) is 0 Å². The van der Waals surface area contributed by atoms with Crippen molar-refractivity contribution in [3.05, 3.63) is 0 Å². The first kappa shape index (κ1) is 14.0. The minimum Gasteiger partial charge on any atom is -0.368 e. The van der Waals surface area contributed by atoms with Crippen LogP contribution in [0, 0.1) is 5.41 Å². The number of carbonyl (C=O) groups is 2. The van der Waals surface area contributed by atoms with E-state index in [9.17, 15) is 19.8 Å². The molecule has 0 bridgehead atoms. The van der Waals surface area contributed by atoms with E-state index in [1.54, 1.807) is 0 Å². The lowest BCUT2D eigenvalue weighted by molar-refractivity contribution is -0.177. The summed E-state index contributed by atoms with van der Waals surface area (Å²) < 4.78 is 0. The van der Waals surface area contributed by atoms with Crippen molar-refractivity contribution in [2.45, 2.75) is 38.3 Å². The highest BCUT2D eigenvalue weighted by Gasteiger charge is 2.51. The van der Waals surface area contributed by atoms with Crippen LogP contribution in [0.4, 0.5) is 0 Å². The molecule has 0 radical (unpaired) electrons. The molecule has 0 aromatic carbocycles. The smallest absolute Gasteiger partial charge is 0.238 e. The average molecular weight is 247 g/mol. The maximum absolute atomic E-state index is 11.8. The van der Waals surface area contributed by atoms with Crippen molar-refractivity contribution in [3.8, 4) is 0 Å². The van der Waals surface area contributed by atoms with Gasteiger partial charge in [0.1, 0.15) is 0 Å². The molecule has 98 valence electrons. The Morgan fingerprint density at radius 2 is 1.94 bits per heavy atom. The molecular weight excluding hydrogens is 230 g/mol. The second kappa shape index (κ2) is 5.54. The van der Waals surface area contributed by atoms with Crippen LogP contribution in [-0.2, 0) is 9.59 Å². The lowest BCUT2D eigenvalue weighted by Crippen LogP contribution is -2.53. The fourth-order valence-corrected chi connectivity index (χ4v) is 2.01. The molecule has 1 aliphatic heterocycles. The third kappa shape index (κ3) is 2.81. The molecule has 1 aliphatic rings. The van der Waals surface area contributed by atoms with Gasteiger partial charge in [-0.15, -0.1) is 0 Å². The van der Waals surface area contributed by atoms with Gasteiger partial charge >= 0.3 is 0 Å². The minimum absolute atomic E-state index is 0.0119. The van der Waals surface area contributed by atoms with Gasteiger partial charge < -0.3 is 25.7 Å². The van der Waals surface area contributed by atoms with E-state index in [0.29, 0.717) is 19.4 Å². The first-order valence-corrected chi connectivity index (χ1v) is 5.45. The number of amides is 1. The molecule has 1 atom stereocenters. The van der Waals surface area contributed by atoms with Gasteiger partial charge in [-0.3, -0.25) is 9.59 Å². The number of rotatable bonds is 4. The lowest BCUT2D eigenvalue weighted by atomic mass is 9.76. The number of hydrogen-bond donors (Lipinski definition) is 5. The molecule has 1 saturated heterocycles. The molecule has 17 heavy (non-hydrogen) atoms. The van der Waals surface area contributed by atoms with Crippen molar-refractivity contribution in [1.82, 2.24) is 5.32 Å². The second-order valence-corrected chi connectivity index (χ2v) is 4.17. The highest BCUT2D eigenvalue weighted by atomic mass is 16.5. The zero-order valence-electron chi connectivity index (χ0n) is 9.30. The van der Waals surface area contributed by atoms with E-state index in [1.807, 2.05) is 0 Å². The molecule has 1 amide bonds. The first-order valence-electron chi connectivity index (χ1n) is 5.45. The third-order valence-corrected chi connectivity index (χ3v) is 2.99. The van der Waals surface area contributed by atoms with E-state index in [2.05, 4.69) is 5.32 Å². The summed E-state index contributed by atoms with van der Waals surface area (Å²) in [7, 11) is 0. The Hall–Kier alpha value is -1.02. The van der Waals surface area contributed by atoms with Crippen molar-refractivity contribution in [3.63, 3.8) is 0 Å². The molecule has 0 aromatic rings. The molecule has 0 spiro atoms. The van der Waals surface area contributed by atoms with Crippen molar-refractivity contribution < 1.29 is 30.0 Å². The largest absolute Gasteiger partial charge is 0.368 e. The van der Waals surface area contributed by atoms with Gasteiger partial charge in [0, 0.05) is 6.54 Å². The van der Waals surface area contributed by atoms with Gasteiger partial charge in [0.05, 0.1) is 6.42 Å². The normalized spacial score (nSPS) is 25.9. The zero-order valence-corrected chi connectivity index (χ0v) is 9.30.